The van der Waals surface area contributed by atoms with E-state index >= 15 is 0 Å². The van der Waals surface area contributed by atoms with Crippen LogP contribution in [0.25, 0.3) is 0 Å². The number of carbonyl (C=O) groups excluding carboxylic acids is 1. The van der Waals surface area contributed by atoms with Crippen molar-refractivity contribution in [3.05, 3.63) is 77.2 Å². The van der Waals surface area contributed by atoms with Gasteiger partial charge in [0.05, 0.1) is 17.0 Å². The number of anilines is 2. The molecule has 1 aliphatic heterocycles. The van der Waals surface area contributed by atoms with Crippen LogP contribution in [-0.2, 0) is 6.42 Å². The fourth-order valence-electron chi connectivity index (χ4n) is 4.54. The Morgan fingerprint density at radius 2 is 1.60 bits per heavy atom. The summed E-state index contributed by atoms with van der Waals surface area (Å²) < 4.78 is 0. The predicted octanol–water partition coefficient (Wildman–Crippen LogP) is 3.42. The Kier molecular flexibility index (Phi) is 4.91. The minimum atomic E-state index is 0.161. The highest BCUT2D eigenvalue weighted by Crippen LogP contribution is 2.33. The Hall–Kier alpha value is -3.28. The summed E-state index contributed by atoms with van der Waals surface area (Å²) in [5, 5.41) is 0. The fraction of sp³-hybridized carbons (Fsp3) is 0.333. The van der Waals surface area contributed by atoms with Crippen LogP contribution in [0.5, 0.6) is 0 Å². The zero-order valence-electron chi connectivity index (χ0n) is 17.2. The maximum atomic E-state index is 12.9. The summed E-state index contributed by atoms with van der Waals surface area (Å²) >= 11 is 0. The number of aromatic nitrogens is 3. The van der Waals surface area contributed by atoms with E-state index in [4.69, 9.17) is 9.97 Å². The molecule has 1 atom stereocenters. The Morgan fingerprint density at radius 1 is 0.867 bits per heavy atom. The molecule has 0 saturated carbocycles. The molecule has 152 valence electrons. The van der Waals surface area contributed by atoms with Gasteiger partial charge in [0, 0.05) is 38.8 Å². The molecule has 3 aromatic rings. The van der Waals surface area contributed by atoms with Crippen molar-refractivity contribution in [1.29, 1.82) is 0 Å². The molecule has 6 nitrogen and oxygen atoms in total. The first kappa shape index (κ1) is 18.7. The largest absolute Gasteiger partial charge is 0.353 e. The monoisotopic (exact) mass is 399 g/mol. The maximum absolute atomic E-state index is 12.9. The summed E-state index contributed by atoms with van der Waals surface area (Å²) in [7, 11) is 0. The molecule has 1 fully saturated rings. The number of nitrogens with zero attached hydrogens (tertiary/aromatic N) is 5. The van der Waals surface area contributed by atoms with Crippen molar-refractivity contribution in [1.82, 2.24) is 15.0 Å². The fourth-order valence-corrected chi connectivity index (χ4v) is 4.54. The third-order valence-corrected chi connectivity index (χ3v) is 6.11. The Labute approximate surface area is 176 Å². The first-order chi connectivity index (χ1) is 14.7. The summed E-state index contributed by atoms with van der Waals surface area (Å²) in [5.74, 6) is 2.10. The first-order valence-corrected chi connectivity index (χ1v) is 10.6. The van der Waals surface area contributed by atoms with Crippen LogP contribution in [0.1, 0.15) is 39.6 Å². The molecule has 0 spiro atoms. The van der Waals surface area contributed by atoms with Crippen LogP contribution in [0.15, 0.2) is 54.7 Å². The van der Waals surface area contributed by atoms with Gasteiger partial charge in [-0.1, -0.05) is 36.4 Å². The van der Waals surface area contributed by atoms with Crippen LogP contribution in [-0.4, -0.2) is 46.9 Å². The standard InChI is InChI=1S/C24H25N5O/c1-17-23-20(15-19(16-21(23)30)18-7-3-2-4-8-18)27-24(26-17)29-13-11-28(12-14-29)22-9-5-6-10-25-22/h2-10,19H,11-16H2,1H3/t19-/m1/s1. The van der Waals surface area contributed by atoms with Crippen LogP contribution in [0.2, 0.25) is 0 Å². The second-order valence-corrected chi connectivity index (χ2v) is 8.03. The highest BCUT2D eigenvalue weighted by Gasteiger charge is 2.31. The first-order valence-electron chi connectivity index (χ1n) is 10.6. The van der Waals surface area contributed by atoms with Gasteiger partial charge in [0.15, 0.2) is 5.78 Å². The van der Waals surface area contributed by atoms with Crippen molar-refractivity contribution < 1.29 is 4.79 Å². The summed E-state index contributed by atoms with van der Waals surface area (Å²) in [6, 6.07) is 16.3. The van der Waals surface area contributed by atoms with E-state index in [2.05, 4.69) is 26.9 Å². The number of hydrogen-bond acceptors (Lipinski definition) is 6. The zero-order chi connectivity index (χ0) is 20.5. The topological polar surface area (TPSA) is 62.2 Å². The van der Waals surface area contributed by atoms with Gasteiger partial charge in [-0.3, -0.25) is 4.79 Å². The molecule has 0 unspecified atom stereocenters. The molecule has 1 aromatic carbocycles. The second-order valence-electron chi connectivity index (χ2n) is 8.03. The van der Waals surface area contributed by atoms with E-state index in [1.165, 1.54) is 5.56 Å². The molecule has 0 N–H and O–H groups in total. The average molecular weight is 399 g/mol. The molecule has 1 aliphatic carbocycles. The Morgan fingerprint density at radius 3 is 2.33 bits per heavy atom. The number of ketones is 1. The van der Waals surface area contributed by atoms with E-state index in [1.807, 2.05) is 49.5 Å². The number of fused-ring (bicyclic) bond motifs is 1. The zero-order valence-corrected chi connectivity index (χ0v) is 17.2. The Bertz CT molecular complexity index is 1050. The molecule has 0 amide bonds. The molecule has 0 bridgehead atoms. The maximum Gasteiger partial charge on any atom is 0.225 e. The third kappa shape index (κ3) is 3.54. The summed E-state index contributed by atoms with van der Waals surface area (Å²) in [6.07, 6.45) is 3.15. The van der Waals surface area contributed by atoms with Crippen molar-refractivity contribution >= 4 is 17.5 Å². The number of benzene rings is 1. The lowest BCUT2D eigenvalue weighted by Crippen LogP contribution is -2.47. The lowest BCUT2D eigenvalue weighted by atomic mass is 9.81. The normalized spacial score (nSPS) is 19.0. The van der Waals surface area contributed by atoms with Crippen LogP contribution in [0.3, 0.4) is 0 Å². The van der Waals surface area contributed by atoms with E-state index in [0.717, 1.165) is 61.3 Å². The smallest absolute Gasteiger partial charge is 0.225 e. The lowest BCUT2D eigenvalue weighted by molar-refractivity contribution is 0.0962. The van der Waals surface area contributed by atoms with Gasteiger partial charge >= 0.3 is 0 Å². The van der Waals surface area contributed by atoms with E-state index < -0.39 is 0 Å². The third-order valence-electron chi connectivity index (χ3n) is 6.11. The highest BCUT2D eigenvalue weighted by molar-refractivity contribution is 5.99. The SMILES string of the molecule is Cc1nc(N2CCN(c3ccccn3)CC2)nc2c1C(=O)C[C@H](c1ccccc1)C2. The van der Waals surface area contributed by atoms with E-state index in [1.54, 1.807) is 0 Å². The second kappa shape index (κ2) is 7.86. The van der Waals surface area contributed by atoms with Crippen molar-refractivity contribution in [2.45, 2.75) is 25.7 Å². The molecule has 3 heterocycles. The highest BCUT2D eigenvalue weighted by atomic mass is 16.1. The number of carbonyl (C=O) groups is 1. The molecule has 30 heavy (non-hydrogen) atoms. The molecular formula is C24H25N5O. The summed E-state index contributed by atoms with van der Waals surface area (Å²) in [6.45, 7) is 5.37. The number of hydrogen-bond donors (Lipinski definition) is 0. The Balaban J connectivity index is 1.37. The van der Waals surface area contributed by atoms with E-state index in [9.17, 15) is 4.79 Å². The van der Waals surface area contributed by atoms with Crippen LogP contribution >= 0.6 is 0 Å². The van der Waals surface area contributed by atoms with Crippen molar-refractivity contribution in [2.24, 2.45) is 0 Å². The van der Waals surface area contributed by atoms with Crippen LogP contribution in [0.4, 0.5) is 11.8 Å². The van der Waals surface area contributed by atoms with E-state index in [0.29, 0.717) is 6.42 Å². The molecule has 1 saturated heterocycles. The van der Waals surface area contributed by atoms with Gasteiger partial charge < -0.3 is 9.80 Å². The van der Waals surface area contributed by atoms with Crippen LogP contribution in [0, 0.1) is 6.92 Å². The van der Waals surface area contributed by atoms with Gasteiger partial charge in [-0.2, -0.15) is 0 Å². The van der Waals surface area contributed by atoms with Gasteiger partial charge in [-0.25, -0.2) is 15.0 Å². The van der Waals surface area contributed by atoms with Crippen molar-refractivity contribution in [3.8, 4) is 0 Å². The van der Waals surface area contributed by atoms with Gasteiger partial charge in [-0.15, -0.1) is 0 Å². The molecule has 6 heteroatoms. The van der Waals surface area contributed by atoms with Gasteiger partial charge in [0.25, 0.3) is 0 Å². The van der Waals surface area contributed by atoms with Crippen molar-refractivity contribution in [3.63, 3.8) is 0 Å². The van der Waals surface area contributed by atoms with Gasteiger partial charge in [0.1, 0.15) is 5.82 Å². The molecule has 0 radical (unpaired) electrons. The minimum Gasteiger partial charge on any atom is -0.353 e. The number of piperazine rings is 1. The summed E-state index contributed by atoms with van der Waals surface area (Å²) in [5.41, 5.74) is 3.64. The number of aryl methyl sites for hydroxylation is 1. The minimum absolute atomic E-state index is 0.161. The number of rotatable bonds is 3. The quantitative estimate of drug-likeness (QED) is 0.673. The van der Waals surface area contributed by atoms with Gasteiger partial charge in [-0.05, 0) is 37.0 Å². The number of pyridine rings is 1. The molecular weight excluding hydrogens is 374 g/mol. The van der Waals surface area contributed by atoms with Gasteiger partial charge in [0.2, 0.25) is 5.95 Å². The van der Waals surface area contributed by atoms with Crippen molar-refractivity contribution in [2.75, 3.05) is 36.0 Å². The molecule has 2 aromatic heterocycles. The predicted molar refractivity (Wildman–Crippen MR) is 117 cm³/mol. The summed E-state index contributed by atoms with van der Waals surface area (Å²) in [4.78, 5) is 31.4. The lowest BCUT2D eigenvalue weighted by Gasteiger charge is -2.36. The van der Waals surface area contributed by atoms with Crippen LogP contribution < -0.4 is 9.80 Å². The average Bonchev–Trinajstić information content (AvgIpc) is 2.80. The van der Waals surface area contributed by atoms with E-state index in [-0.39, 0.29) is 11.7 Å². The molecule has 5 rings (SSSR count). The molecule has 2 aliphatic rings. The number of Topliss-reactive ketones (excluding diaryl/α,β-unsaturated/α-hetero) is 1.